The van der Waals surface area contributed by atoms with Crippen LogP contribution in [0.2, 0.25) is 5.15 Å². The molecule has 0 spiro atoms. The molecule has 0 bridgehead atoms. The van der Waals surface area contributed by atoms with Crippen LogP contribution in [0.25, 0.3) is 0 Å². The number of halogens is 1. The summed E-state index contributed by atoms with van der Waals surface area (Å²) in [6, 6.07) is 0. The largest absolute Gasteiger partial charge is 0.347 e. The number of likely N-dealkylation sites (N-methyl/N-ethyl adjacent to an activating group) is 1. The van der Waals surface area contributed by atoms with Crippen LogP contribution in [-0.4, -0.2) is 47.5 Å². The molecule has 0 unspecified atom stereocenters. The summed E-state index contributed by atoms with van der Waals surface area (Å²) >= 11 is 6.22. The molecule has 20 heavy (non-hydrogen) atoms. The zero-order valence-corrected chi connectivity index (χ0v) is 13.2. The predicted molar refractivity (Wildman–Crippen MR) is 80.3 cm³/mol. The number of carbonyl (C=O) groups is 1. The highest BCUT2D eigenvalue weighted by Crippen LogP contribution is 2.26. The van der Waals surface area contributed by atoms with Crippen LogP contribution in [0.5, 0.6) is 0 Å². The van der Waals surface area contributed by atoms with Crippen molar-refractivity contribution in [2.45, 2.75) is 33.1 Å². The number of hydrogen-bond acceptors (Lipinski definition) is 4. The monoisotopic (exact) mass is 296 g/mol. The molecule has 6 heteroatoms. The van der Waals surface area contributed by atoms with E-state index < -0.39 is 0 Å². The van der Waals surface area contributed by atoms with Crippen molar-refractivity contribution >= 4 is 23.3 Å². The van der Waals surface area contributed by atoms with Crippen molar-refractivity contribution in [3.63, 3.8) is 0 Å². The van der Waals surface area contributed by atoms with Crippen molar-refractivity contribution in [1.29, 1.82) is 0 Å². The normalized spacial score (nSPS) is 16.8. The summed E-state index contributed by atoms with van der Waals surface area (Å²) in [4.78, 5) is 24.7. The van der Waals surface area contributed by atoms with Gasteiger partial charge in [-0.15, -0.1) is 0 Å². The zero-order valence-electron chi connectivity index (χ0n) is 12.5. The lowest BCUT2D eigenvalue weighted by molar-refractivity contribution is -0.127. The lowest BCUT2D eigenvalue weighted by atomic mass is 10.2. The first kappa shape index (κ1) is 15.0. The van der Waals surface area contributed by atoms with Gasteiger partial charge in [0.15, 0.2) is 0 Å². The maximum Gasteiger partial charge on any atom is 0.241 e. The van der Waals surface area contributed by atoms with Gasteiger partial charge in [-0.3, -0.25) is 4.79 Å². The van der Waals surface area contributed by atoms with Gasteiger partial charge in [-0.25, -0.2) is 9.97 Å². The smallest absolute Gasteiger partial charge is 0.241 e. The van der Waals surface area contributed by atoms with Crippen LogP contribution in [-0.2, 0) is 4.79 Å². The van der Waals surface area contributed by atoms with Crippen LogP contribution in [0.3, 0.4) is 0 Å². The van der Waals surface area contributed by atoms with Gasteiger partial charge in [0, 0.05) is 31.6 Å². The van der Waals surface area contributed by atoms with Gasteiger partial charge in [-0.05, 0) is 13.3 Å². The molecule has 1 fully saturated rings. The van der Waals surface area contributed by atoms with Crippen molar-refractivity contribution in [3.8, 4) is 0 Å². The van der Waals surface area contributed by atoms with Gasteiger partial charge in [0.1, 0.15) is 16.8 Å². The van der Waals surface area contributed by atoms with Crippen molar-refractivity contribution in [1.82, 2.24) is 14.9 Å². The molecule has 0 atom stereocenters. The molecule has 0 aliphatic carbocycles. The molecule has 1 aliphatic heterocycles. The second-order valence-electron chi connectivity index (χ2n) is 5.57. The summed E-state index contributed by atoms with van der Waals surface area (Å²) in [6.07, 6.45) is 0.931. The standard InChI is InChI=1S/C14H21ClN4O/c1-9(2)13-16-12(15)10(3)14(17-13)19-7-5-6-18(4)11(20)8-19/h9H,5-8H2,1-4H3. The van der Waals surface area contributed by atoms with E-state index in [1.165, 1.54) is 0 Å². The first-order valence-electron chi connectivity index (χ1n) is 6.93. The fourth-order valence-electron chi connectivity index (χ4n) is 2.23. The van der Waals surface area contributed by atoms with Crippen LogP contribution >= 0.6 is 11.6 Å². The number of rotatable bonds is 2. The third kappa shape index (κ3) is 3.03. The average molecular weight is 297 g/mol. The molecule has 1 saturated heterocycles. The molecule has 0 saturated carbocycles. The second-order valence-corrected chi connectivity index (χ2v) is 5.92. The first-order chi connectivity index (χ1) is 9.40. The summed E-state index contributed by atoms with van der Waals surface area (Å²) in [5.74, 6) is 1.83. The molecule has 2 rings (SSSR count). The molecular weight excluding hydrogens is 276 g/mol. The third-order valence-electron chi connectivity index (χ3n) is 3.57. The Morgan fingerprint density at radius 1 is 1.25 bits per heavy atom. The van der Waals surface area contributed by atoms with Gasteiger partial charge >= 0.3 is 0 Å². The summed E-state index contributed by atoms with van der Waals surface area (Å²) in [6.45, 7) is 7.91. The van der Waals surface area contributed by atoms with Crippen molar-refractivity contribution in [2.75, 3.05) is 31.6 Å². The first-order valence-corrected chi connectivity index (χ1v) is 7.31. The number of carbonyl (C=O) groups excluding carboxylic acids is 1. The Bertz CT molecular complexity index is 518. The number of nitrogens with zero attached hydrogens (tertiary/aromatic N) is 4. The SMILES string of the molecule is Cc1c(Cl)nc(C(C)C)nc1N1CCCN(C)C(=O)C1. The van der Waals surface area contributed by atoms with Crippen LogP contribution < -0.4 is 4.90 Å². The molecule has 2 heterocycles. The Morgan fingerprint density at radius 3 is 2.60 bits per heavy atom. The lowest BCUT2D eigenvalue weighted by Crippen LogP contribution is -2.35. The van der Waals surface area contributed by atoms with Crippen molar-refractivity contribution < 1.29 is 4.79 Å². The number of anilines is 1. The van der Waals surface area contributed by atoms with E-state index in [1.54, 1.807) is 4.90 Å². The fraction of sp³-hybridized carbons (Fsp3) is 0.643. The molecule has 0 N–H and O–H groups in total. The van der Waals surface area contributed by atoms with E-state index in [-0.39, 0.29) is 11.8 Å². The maximum absolute atomic E-state index is 12.0. The molecule has 1 aromatic heterocycles. The van der Waals surface area contributed by atoms with Crippen LogP contribution in [0.1, 0.15) is 37.6 Å². The number of hydrogen-bond donors (Lipinski definition) is 0. The Morgan fingerprint density at radius 2 is 1.95 bits per heavy atom. The molecule has 0 radical (unpaired) electrons. The van der Waals surface area contributed by atoms with E-state index in [9.17, 15) is 4.79 Å². The van der Waals surface area contributed by atoms with Crippen molar-refractivity contribution in [3.05, 3.63) is 16.5 Å². The minimum atomic E-state index is 0.114. The summed E-state index contributed by atoms with van der Waals surface area (Å²) in [7, 11) is 1.84. The summed E-state index contributed by atoms with van der Waals surface area (Å²) in [5.41, 5.74) is 0.841. The lowest BCUT2D eigenvalue weighted by Gasteiger charge is -2.23. The van der Waals surface area contributed by atoms with E-state index in [0.717, 1.165) is 36.7 Å². The zero-order chi connectivity index (χ0) is 14.9. The topological polar surface area (TPSA) is 49.3 Å². The second kappa shape index (κ2) is 5.95. The van der Waals surface area contributed by atoms with E-state index in [1.807, 2.05) is 32.7 Å². The van der Waals surface area contributed by atoms with E-state index in [2.05, 4.69) is 9.97 Å². The average Bonchev–Trinajstić information content (AvgIpc) is 2.55. The minimum Gasteiger partial charge on any atom is -0.347 e. The van der Waals surface area contributed by atoms with Gasteiger partial charge in [-0.1, -0.05) is 25.4 Å². The molecule has 1 aromatic rings. The van der Waals surface area contributed by atoms with E-state index in [0.29, 0.717) is 11.7 Å². The Hall–Kier alpha value is -1.36. The fourth-order valence-corrected chi connectivity index (χ4v) is 2.40. The summed E-state index contributed by atoms with van der Waals surface area (Å²) in [5, 5.41) is 0.476. The molecule has 1 aliphatic rings. The third-order valence-corrected chi connectivity index (χ3v) is 3.94. The Balaban J connectivity index is 2.38. The quantitative estimate of drug-likeness (QED) is 0.785. The van der Waals surface area contributed by atoms with E-state index >= 15 is 0 Å². The van der Waals surface area contributed by atoms with Gasteiger partial charge < -0.3 is 9.80 Å². The Kier molecular flexibility index (Phi) is 4.48. The number of aromatic nitrogens is 2. The minimum absolute atomic E-state index is 0.114. The molecule has 1 amide bonds. The van der Waals surface area contributed by atoms with Gasteiger partial charge in [-0.2, -0.15) is 0 Å². The highest BCUT2D eigenvalue weighted by Gasteiger charge is 2.23. The number of amides is 1. The summed E-state index contributed by atoms with van der Waals surface area (Å²) < 4.78 is 0. The highest BCUT2D eigenvalue weighted by molar-refractivity contribution is 6.30. The van der Waals surface area contributed by atoms with Crippen molar-refractivity contribution in [2.24, 2.45) is 0 Å². The van der Waals surface area contributed by atoms with Crippen LogP contribution in [0.15, 0.2) is 0 Å². The Labute approximate surface area is 124 Å². The highest BCUT2D eigenvalue weighted by atomic mass is 35.5. The molecule has 0 aromatic carbocycles. The van der Waals surface area contributed by atoms with Gasteiger partial charge in [0.05, 0.1) is 6.54 Å². The van der Waals surface area contributed by atoms with Crippen LogP contribution in [0, 0.1) is 6.92 Å². The van der Waals surface area contributed by atoms with E-state index in [4.69, 9.17) is 11.6 Å². The maximum atomic E-state index is 12.0. The molecular formula is C14H21ClN4O. The molecule has 110 valence electrons. The van der Waals surface area contributed by atoms with Gasteiger partial charge in [0.2, 0.25) is 5.91 Å². The molecule has 5 nitrogen and oxygen atoms in total. The predicted octanol–water partition coefficient (Wildman–Crippen LogP) is 2.23. The van der Waals surface area contributed by atoms with Gasteiger partial charge in [0.25, 0.3) is 0 Å². The van der Waals surface area contributed by atoms with Crippen LogP contribution in [0.4, 0.5) is 5.82 Å².